The van der Waals surface area contributed by atoms with E-state index in [1.807, 2.05) is 0 Å². The molecule has 3 heteroatoms. The Morgan fingerprint density at radius 1 is 1.75 bits per heavy atom. The summed E-state index contributed by atoms with van der Waals surface area (Å²) < 4.78 is 12.2. The van der Waals surface area contributed by atoms with Crippen molar-refractivity contribution in [2.75, 3.05) is 0 Å². The molecule has 8 heavy (non-hydrogen) atoms. The van der Waals surface area contributed by atoms with Crippen LogP contribution in [0.5, 0.6) is 0 Å². The van der Waals surface area contributed by atoms with Crippen LogP contribution in [0.15, 0.2) is 24.0 Å². The van der Waals surface area contributed by atoms with Crippen molar-refractivity contribution < 1.29 is 4.39 Å². The number of halogens is 1. The van der Waals surface area contributed by atoms with Crippen molar-refractivity contribution in [2.24, 2.45) is 5.73 Å². The highest BCUT2D eigenvalue weighted by atomic mass is 19.1. The fourth-order valence-corrected chi connectivity index (χ4v) is 0.480. The molecule has 0 saturated carbocycles. The smallest absolute Gasteiger partial charge is 0.209 e. The molecule has 1 aliphatic rings. The molecule has 1 unspecified atom stereocenters. The van der Waals surface area contributed by atoms with Gasteiger partial charge in [0, 0.05) is 0 Å². The van der Waals surface area contributed by atoms with Gasteiger partial charge in [-0.2, -0.15) is 0 Å². The highest BCUT2D eigenvalue weighted by molar-refractivity contribution is 5.17. The van der Waals surface area contributed by atoms with Crippen LogP contribution in [-0.2, 0) is 0 Å². The lowest BCUT2D eigenvalue weighted by Crippen LogP contribution is -2.27. The zero-order valence-corrected chi connectivity index (χ0v) is 4.26. The molecule has 2 nitrogen and oxygen atoms in total. The summed E-state index contributed by atoms with van der Waals surface area (Å²) >= 11 is 0. The van der Waals surface area contributed by atoms with E-state index in [0.29, 0.717) is 0 Å². The molecule has 0 spiro atoms. The number of rotatable bonds is 0. The summed E-state index contributed by atoms with van der Waals surface area (Å²) in [7, 11) is 0. The number of alkyl halides is 1. The zero-order chi connectivity index (χ0) is 5.98. The summed E-state index contributed by atoms with van der Waals surface area (Å²) in [5.74, 6) is 0. The third-order valence-electron chi connectivity index (χ3n) is 0.920. The molecule has 1 heterocycles. The van der Waals surface area contributed by atoms with Crippen LogP contribution in [-0.4, -0.2) is 6.30 Å². The van der Waals surface area contributed by atoms with E-state index in [9.17, 15) is 4.39 Å². The highest BCUT2D eigenvalue weighted by Gasteiger charge is 2.06. The van der Waals surface area contributed by atoms with E-state index < -0.39 is 6.30 Å². The van der Waals surface area contributed by atoms with Crippen LogP contribution in [0.4, 0.5) is 4.39 Å². The number of allylic oxidation sites excluding steroid dienone is 2. The molecule has 1 atom stereocenters. The second-order valence-corrected chi connectivity index (χ2v) is 1.56. The second-order valence-electron chi connectivity index (χ2n) is 1.56. The van der Waals surface area contributed by atoms with Gasteiger partial charge in [0.2, 0.25) is 6.30 Å². The number of hydrogen-bond donors (Lipinski definition) is 2. The van der Waals surface area contributed by atoms with Crippen LogP contribution in [0.3, 0.4) is 0 Å². The lowest BCUT2D eigenvalue weighted by Gasteiger charge is -2.10. The van der Waals surface area contributed by atoms with Crippen molar-refractivity contribution in [3.05, 3.63) is 24.0 Å². The Hall–Kier alpha value is -0.990. The normalized spacial score (nSPS) is 26.6. The van der Waals surface area contributed by atoms with E-state index in [-0.39, 0.29) is 5.70 Å². The maximum Gasteiger partial charge on any atom is 0.209 e. The van der Waals surface area contributed by atoms with Crippen molar-refractivity contribution in [3.8, 4) is 0 Å². The molecule has 0 aromatic heterocycles. The molecule has 0 radical (unpaired) electrons. The first-order valence-electron chi connectivity index (χ1n) is 2.33. The Morgan fingerprint density at radius 3 is 2.88 bits per heavy atom. The van der Waals surface area contributed by atoms with Crippen LogP contribution in [0.2, 0.25) is 0 Å². The van der Waals surface area contributed by atoms with Gasteiger partial charge in [0.1, 0.15) is 0 Å². The average Bonchev–Trinajstić information content (AvgIpc) is 1.77. The molecule has 0 aromatic rings. The topological polar surface area (TPSA) is 38.0 Å². The van der Waals surface area contributed by atoms with Gasteiger partial charge >= 0.3 is 0 Å². The largest absolute Gasteiger partial charge is 0.398 e. The van der Waals surface area contributed by atoms with Gasteiger partial charge in [-0.05, 0) is 18.4 Å². The second kappa shape index (κ2) is 1.86. The predicted molar refractivity (Wildman–Crippen MR) is 29.4 cm³/mol. The Morgan fingerprint density at radius 2 is 2.50 bits per heavy atom. The van der Waals surface area contributed by atoms with E-state index in [0.717, 1.165) is 0 Å². The third kappa shape index (κ3) is 0.804. The van der Waals surface area contributed by atoms with Gasteiger partial charge in [0.05, 0.1) is 5.70 Å². The summed E-state index contributed by atoms with van der Waals surface area (Å²) in [4.78, 5) is 0. The Labute approximate surface area is 46.9 Å². The summed E-state index contributed by atoms with van der Waals surface area (Å²) in [6, 6.07) is 0. The van der Waals surface area contributed by atoms with Gasteiger partial charge < -0.3 is 11.1 Å². The lowest BCUT2D eigenvalue weighted by atomic mass is 10.3. The van der Waals surface area contributed by atoms with E-state index in [1.165, 1.54) is 12.3 Å². The molecule has 1 aliphatic heterocycles. The molecule has 44 valence electrons. The van der Waals surface area contributed by atoms with Crippen LogP contribution in [0.25, 0.3) is 0 Å². The van der Waals surface area contributed by atoms with Gasteiger partial charge in [-0.3, -0.25) is 0 Å². The van der Waals surface area contributed by atoms with Gasteiger partial charge in [0.25, 0.3) is 0 Å². The maximum atomic E-state index is 12.2. The van der Waals surface area contributed by atoms with Crippen LogP contribution in [0.1, 0.15) is 0 Å². The van der Waals surface area contributed by atoms with Crippen molar-refractivity contribution in [1.82, 2.24) is 5.32 Å². The fourth-order valence-electron chi connectivity index (χ4n) is 0.480. The molecule has 0 bridgehead atoms. The number of nitrogens with one attached hydrogen (secondary N) is 1. The van der Waals surface area contributed by atoms with Crippen molar-refractivity contribution >= 4 is 0 Å². The quantitative estimate of drug-likeness (QED) is 0.443. The molecule has 1 rings (SSSR count). The van der Waals surface area contributed by atoms with E-state index in [2.05, 4.69) is 5.32 Å². The minimum absolute atomic E-state index is 0.229. The molecule has 3 N–H and O–H groups in total. The maximum absolute atomic E-state index is 12.2. The molecule has 0 fully saturated rings. The lowest BCUT2D eigenvalue weighted by molar-refractivity contribution is 0.343. The third-order valence-corrected chi connectivity index (χ3v) is 0.920. The molecule has 0 aromatic carbocycles. The Bertz CT molecular complexity index is 139. The Kier molecular flexibility index (Phi) is 1.20. The van der Waals surface area contributed by atoms with Gasteiger partial charge in [-0.25, -0.2) is 4.39 Å². The van der Waals surface area contributed by atoms with E-state index >= 15 is 0 Å². The SMILES string of the molecule is NC1=CC=CNC1F. The number of hydrogen-bond acceptors (Lipinski definition) is 2. The fraction of sp³-hybridized carbons (Fsp3) is 0.200. The van der Waals surface area contributed by atoms with Crippen molar-refractivity contribution in [3.63, 3.8) is 0 Å². The molecule has 0 amide bonds. The van der Waals surface area contributed by atoms with Crippen LogP contribution >= 0.6 is 0 Å². The first-order valence-corrected chi connectivity index (χ1v) is 2.33. The van der Waals surface area contributed by atoms with Gasteiger partial charge in [-0.15, -0.1) is 0 Å². The molecular weight excluding hydrogens is 107 g/mol. The predicted octanol–water partition coefficient (Wildman–Crippen LogP) is 0.242. The molecule has 0 saturated heterocycles. The van der Waals surface area contributed by atoms with Crippen LogP contribution < -0.4 is 11.1 Å². The average molecular weight is 114 g/mol. The monoisotopic (exact) mass is 114 g/mol. The minimum atomic E-state index is -1.19. The van der Waals surface area contributed by atoms with E-state index in [4.69, 9.17) is 5.73 Å². The first kappa shape index (κ1) is 5.15. The van der Waals surface area contributed by atoms with Gasteiger partial charge in [-0.1, -0.05) is 0 Å². The summed E-state index contributed by atoms with van der Waals surface area (Å²) in [5.41, 5.74) is 5.38. The van der Waals surface area contributed by atoms with Crippen molar-refractivity contribution in [1.29, 1.82) is 0 Å². The van der Waals surface area contributed by atoms with E-state index in [1.54, 1.807) is 6.08 Å². The van der Waals surface area contributed by atoms with Gasteiger partial charge in [0.15, 0.2) is 0 Å². The Balaban J connectivity index is 2.66. The highest BCUT2D eigenvalue weighted by Crippen LogP contribution is 2.00. The minimum Gasteiger partial charge on any atom is -0.398 e. The standard InChI is InChI=1S/C5H7FN2/c6-5-4(7)2-1-3-8-5/h1-3,5,8H,7H2. The summed E-state index contributed by atoms with van der Waals surface area (Å²) in [6.45, 7) is 0. The molecular formula is C5H7FN2. The molecule has 0 aliphatic carbocycles. The number of nitrogens with two attached hydrogens (primary N) is 1. The summed E-state index contributed by atoms with van der Waals surface area (Å²) in [6.07, 6.45) is 3.51. The number of dihydropyridines is 1. The first-order chi connectivity index (χ1) is 3.80. The zero-order valence-electron chi connectivity index (χ0n) is 4.26. The van der Waals surface area contributed by atoms with Crippen LogP contribution in [0, 0.1) is 0 Å². The van der Waals surface area contributed by atoms with Crippen molar-refractivity contribution in [2.45, 2.75) is 6.30 Å². The summed E-state index contributed by atoms with van der Waals surface area (Å²) in [5, 5.41) is 2.39.